The zero-order valence-corrected chi connectivity index (χ0v) is 15.2. The van der Waals surface area contributed by atoms with Gasteiger partial charge in [0, 0.05) is 43.2 Å². The fourth-order valence-electron chi connectivity index (χ4n) is 3.84. The molecule has 4 nitrogen and oxygen atoms in total. The summed E-state index contributed by atoms with van der Waals surface area (Å²) in [5, 5.41) is 2.03. The highest BCUT2D eigenvalue weighted by Gasteiger charge is 2.43. The average molecular weight is 349 g/mol. The van der Waals surface area contributed by atoms with Gasteiger partial charge in [-0.15, -0.1) is 11.3 Å². The molecule has 0 bridgehead atoms. The maximum Gasteiger partial charge on any atom is 0.246 e. The molecule has 2 aliphatic heterocycles. The van der Waals surface area contributed by atoms with Gasteiger partial charge in [-0.1, -0.05) is 6.07 Å². The van der Waals surface area contributed by atoms with Crippen LogP contribution in [-0.4, -0.2) is 50.3 Å². The highest BCUT2D eigenvalue weighted by atomic mass is 32.1. The molecule has 132 valence electrons. The van der Waals surface area contributed by atoms with Gasteiger partial charge in [0.15, 0.2) is 0 Å². The SMILES string of the molecule is CCOCC1COCCC12CCN(C(=O)/C=C/c1cccs1)CC2. The Bertz CT molecular complexity index is 547. The van der Waals surface area contributed by atoms with E-state index in [0.717, 1.165) is 63.7 Å². The number of thiophene rings is 1. The van der Waals surface area contributed by atoms with E-state index < -0.39 is 0 Å². The van der Waals surface area contributed by atoms with Crippen molar-refractivity contribution in [3.8, 4) is 0 Å². The number of likely N-dealkylation sites (tertiary alicyclic amines) is 1. The van der Waals surface area contributed by atoms with Crippen molar-refractivity contribution >= 4 is 23.3 Å². The lowest BCUT2D eigenvalue weighted by Gasteiger charge is -2.48. The van der Waals surface area contributed by atoms with E-state index in [4.69, 9.17) is 9.47 Å². The molecule has 1 atom stereocenters. The van der Waals surface area contributed by atoms with Crippen LogP contribution in [0.1, 0.15) is 31.1 Å². The molecule has 2 aliphatic rings. The van der Waals surface area contributed by atoms with E-state index >= 15 is 0 Å². The Hall–Kier alpha value is -1.17. The summed E-state index contributed by atoms with van der Waals surface area (Å²) >= 11 is 1.65. The molecule has 3 rings (SSSR count). The molecule has 0 radical (unpaired) electrons. The normalized spacial score (nSPS) is 23.9. The Morgan fingerprint density at radius 1 is 1.46 bits per heavy atom. The van der Waals surface area contributed by atoms with E-state index in [9.17, 15) is 4.79 Å². The molecule has 0 saturated carbocycles. The van der Waals surface area contributed by atoms with E-state index in [-0.39, 0.29) is 5.91 Å². The van der Waals surface area contributed by atoms with Gasteiger partial charge in [0.05, 0.1) is 13.2 Å². The molecular weight excluding hydrogens is 322 g/mol. The molecule has 1 aromatic rings. The maximum absolute atomic E-state index is 12.4. The predicted octanol–water partition coefficient (Wildman–Crippen LogP) is 3.44. The number of carbonyl (C=O) groups is 1. The van der Waals surface area contributed by atoms with Crippen molar-refractivity contribution < 1.29 is 14.3 Å². The molecule has 0 aromatic carbocycles. The molecule has 0 aliphatic carbocycles. The first kappa shape index (κ1) is 17.6. The predicted molar refractivity (Wildman–Crippen MR) is 97.0 cm³/mol. The van der Waals surface area contributed by atoms with Crippen LogP contribution < -0.4 is 0 Å². The average Bonchev–Trinajstić information content (AvgIpc) is 3.13. The Morgan fingerprint density at radius 2 is 2.29 bits per heavy atom. The Morgan fingerprint density at radius 3 is 3.00 bits per heavy atom. The van der Waals surface area contributed by atoms with Crippen LogP contribution in [0.3, 0.4) is 0 Å². The topological polar surface area (TPSA) is 38.8 Å². The number of nitrogens with zero attached hydrogens (tertiary/aromatic N) is 1. The Kier molecular flexibility index (Phi) is 6.09. The van der Waals surface area contributed by atoms with Crippen LogP contribution in [0, 0.1) is 11.3 Å². The first-order valence-corrected chi connectivity index (χ1v) is 9.77. The first-order valence-electron chi connectivity index (χ1n) is 8.89. The van der Waals surface area contributed by atoms with Crippen LogP contribution in [0.4, 0.5) is 0 Å². The third-order valence-electron chi connectivity index (χ3n) is 5.46. The number of carbonyl (C=O) groups excluding carboxylic acids is 1. The summed E-state index contributed by atoms with van der Waals surface area (Å²) in [6.07, 6.45) is 6.85. The molecule has 1 spiro atoms. The van der Waals surface area contributed by atoms with Gasteiger partial charge < -0.3 is 14.4 Å². The van der Waals surface area contributed by atoms with Crippen molar-refractivity contribution in [1.82, 2.24) is 4.90 Å². The van der Waals surface area contributed by atoms with Gasteiger partial charge in [0.2, 0.25) is 5.91 Å². The zero-order chi connectivity index (χ0) is 16.8. The summed E-state index contributed by atoms with van der Waals surface area (Å²) in [6, 6.07) is 4.03. The minimum absolute atomic E-state index is 0.131. The van der Waals surface area contributed by atoms with Crippen LogP contribution in [0.15, 0.2) is 23.6 Å². The van der Waals surface area contributed by atoms with E-state index in [1.165, 1.54) is 0 Å². The molecule has 2 fully saturated rings. The molecular formula is C19H27NO3S. The van der Waals surface area contributed by atoms with Crippen LogP contribution in [-0.2, 0) is 14.3 Å². The van der Waals surface area contributed by atoms with Crippen molar-refractivity contribution in [2.45, 2.75) is 26.2 Å². The van der Waals surface area contributed by atoms with Crippen molar-refractivity contribution in [3.05, 3.63) is 28.5 Å². The van der Waals surface area contributed by atoms with Gasteiger partial charge in [-0.2, -0.15) is 0 Å². The quantitative estimate of drug-likeness (QED) is 0.765. The minimum Gasteiger partial charge on any atom is -0.381 e. The fourth-order valence-corrected chi connectivity index (χ4v) is 4.46. The maximum atomic E-state index is 12.4. The van der Waals surface area contributed by atoms with E-state index in [1.807, 2.05) is 35.4 Å². The van der Waals surface area contributed by atoms with E-state index in [2.05, 4.69) is 0 Å². The van der Waals surface area contributed by atoms with Crippen LogP contribution in [0.5, 0.6) is 0 Å². The van der Waals surface area contributed by atoms with Crippen molar-refractivity contribution in [1.29, 1.82) is 0 Å². The molecule has 5 heteroatoms. The standard InChI is InChI=1S/C19H27NO3S/c1-2-22-14-16-15-23-12-9-19(16)7-10-20(11-8-19)18(21)6-5-17-4-3-13-24-17/h3-6,13,16H,2,7-12,14-15H2,1H3/b6-5+. The second-order valence-electron chi connectivity index (χ2n) is 6.72. The van der Waals surface area contributed by atoms with Crippen LogP contribution in [0.2, 0.25) is 0 Å². The second kappa shape index (κ2) is 8.28. The monoisotopic (exact) mass is 349 g/mol. The molecule has 2 saturated heterocycles. The Labute approximate surface area is 148 Å². The molecule has 1 aromatic heterocycles. The number of hydrogen-bond acceptors (Lipinski definition) is 4. The number of piperidine rings is 1. The van der Waals surface area contributed by atoms with Crippen molar-refractivity contribution in [2.75, 3.05) is 39.5 Å². The fraction of sp³-hybridized carbons (Fsp3) is 0.632. The third kappa shape index (κ3) is 4.08. The van der Waals surface area contributed by atoms with Gasteiger partial charge in [0.1, 0.15) is 0 Å². The third-order valence-corrected chi connectivity index (χ3v) is 6.29. The lowest BCUT2D eigenvalue weighted by molar-refractivity contribution is -0.134. The van der Waals surface area contributed by atoms with E-state index in [0.29, 0.717) is 11.3 Å². The molecule has 0 N–H and O–H groups in total. The van der Waals surface area contributed by atoms with Crippen LogP contribution in [0.25, 0.3) is 6.08 Å². The smallest absolute Gasteiger partial charge is 0.246 e. The van der Waals surface area contributed by atoms with Gasteiger partial charge in [0.25, 0.3) is 0 Å². The lowest BCUT2D eigenvalue weighted by atomic mass is 9.66. The van der Waals surface area contributed by atoms with E-state index in [1.54, 1.807) is 17.4 Å². The molecule has 3 heterocycles. The largest absolute Gasteiger partial charge is 0.381 e. The van der Waals surface area contributed by atoms with Gasteiger partial charge in [-0.25, -0.2) is 0 Å². The second-order valence-corrected chi connectivity index (χ2v) is 7.70. The zero-order valence-electron chi connectivity index (χ0n) is 14.4. The first-order chi connectivity index (χ1) is 11.7. The number of rotatable bonds is 5. The summed E-state index contributed by atoms with van der Waals surface area (Å²) in [6.45, 7) is 6.90. The highest BCUT2D eigenvalue weighted by Crippen LogP contribution is 2.44. The molecule has 1 unspecified atom stereocenters. The van der Waals surface area contributed by atoms with Crippen molar-refractivity contribution in [2.24, 2.45) is 11.3 Å². The summed E-state index contributed by atoms with van der Waals surface area (Å²) in [4.78, 5) is 15.5. The summed E-state index contributed by atoms with van der Waals surface area (Å²) in [5.41, 5.74) is 0.293. The summed E-state index contributed by atoms with van der Waals surface area (Å²) < 4.78 is 11.4. The summed E-state index contributed by atoms with van der Waals surface area (Å²) in [7, 11) is 0. The minimum atomic E-state index is 0.131. The van der Waals surface area contributed by atoms with Gasteiger partial charge in [-0.05, 0) is 49.1 Å². The number of amides is 1. The highest BCUT2D eigenvalue weighted by molar-refractivity contribution is 7.10. The van der Waals surface area contributed by atoms with Gasteiger partial charge >= 0.3 is 0 Å². The lowest BCUT2D eigenvalue weighted by Crippen LogP contribution is -2.50. The van der Waals surface area contributed by atoms with Crippen molar-refractivity contribution in [3.63, 3.8) is 0 Å². The molecule has 24 heavy (non-hydrogen) atoms. The van der Waals surface area contributed by atoms with Crippen LogP contribution >= 0.6 is 11.3 Å². The Balaban J connectivity index is 1.56. The number of ether oxygens (including phenoxy) is 2. The summed E-state index contributed by atoms with van der Waals surface area (Å²) in [5.74, 6) is 0.594. The molecule has 1 amide bonds. The number of hydrogen-bond donors (Lipinski definition) is 0. The van der Waals surface area contributed by atoms with Gasteiger partial charge in [-0.3, -0.25) is 4.79 Å².